The van der Waals surface area contributed by atoms with E-state index in [1.54, 1.807) is 5.56 Å². The Morgan fingerprint density at radius 3 is 3.18 bits per heavy atom. The molecule has 1 aliphatic rings. The molecule has 0 unspecified atom stereocenters. The van der Waals surface area contributed by atoms with Crippen LogP contribution in [-0.2, 0) is 6.42 Å². The van der Waals surface area contributed by atoms with Crippen LogP contribution in [0.3, 0.4) is 0 Å². The van der Waals surface area contributed by atoms with Crippen molar-refractivity contribution in [3.63, 3.8) is 0 Å². The summed E-state index contributed by atoms with van der Waals surface area (Å²) in [6, 6.07) is 6.76. The van der Waals surface area contributed by atoms with E-state index in [1.807, 2.05) is 11.8 Å². The summed E-state index contributed by atoms with van der Waals surface area (Å²) < 4.78 is 1.36. The van der Waals surface area contributed by atoms with Crippen LogP contribution in [-0.4, -0.2) is 5.75 Å². The average molecular weight is 276 g/mol. The van der Waals surface area contributed by atoms with Crippen molar-refractivity contribution in [3.8, 4) is 0 Å². The molecular formula is C9H9IS. The van der Waals surface area contributed by atoms with E-state index in [0.29, 0.717) is 0 Å². The number of rotatable bonds is 0. The molecule has 0 radical (unpaired) electrons. The van der Waals surface area contributed by atoms with Crippen LogP contribution in [0, 0.1) is 3.57 Å². The first-order valence-corrected chi connectivity index (χ1v) is 5.84. The SMILES string of the molecule is Ic1ccc2c(c1)SCCC2. The van der Waals surface area contributed by atoms with Gasteiger partial charge in [0.2, 0.25) is 0 Å². The molecule has 1 aliphatic heterocycles. The Morgan fingerprint density at radius 2 is 2.27 bits per heavy atom. The minimum atomic E-state index is 1.28. The lowest BCUT2D eigenvalue weighted by Gasteiger charge is -2.14. The van der Waals surface area contributed by atoms with Crippen LogP contribution in [0.4, 0.5) is 0 Å². The van der Waals surface area contributed by atoms with Gasteiger partial charge in [-0.25, -0.2) is 0 Å². The van der Waals surface area contributed by atoms with Crippen LogP contribution in [0.15, 0.2) is 23.1 Å². The molecule has 0 atom stereocenters. The van der Waals surface area contributed by atoms with E-state index in [4.69, 9.17) is 0 Å². The van der Waals surface area contributed by atoms with Gasteiger partial charge < -0.3 is 0 Å². The number of thioether (sulfide) groups is 1. The number of aryl methyl sites for hydroxylation is 1. The van der Waals surface area contributed by atoms with Gasteiger partial charge in [0.1, 0.15) is 0 Å². The van der Waals surface area contributed by atoms with Crippen molar-refractivity contribution in [3.05, 3.63) is 27.3 Å². The van der Waals surface area contributed by atoms with Crippen molar-refractivity contribution >= 4 is 34.4 Å². The monoisotopic (exact) mass is 276 g/mol. The molecule has 58 valence electrons. The van der Waals surface area contributed by atoms with E-state index >= 15 is 0 Å². The Morgan fingerprint density at radius 1 is 1.36 bits per heavy atom. The van der Waals surface area contributed by atoms with Crippen molar-refractivity contribution < 1.29 is 0 Å². The molecule has 2 heteroatoms. The summed E-state index contributed by atoms with van der Waals surface area (Å²) in [7, 11) is 0. The number of halogens is 1. The molecule has 0 spiro atoms. The van der Waals surface area contributed by atoms with Gasteiger partial charge in [0.25, 0.3) is 0 Å². The first kappa shape index (κ1) is 7.92. The lowest BCUT2D eigenvalue weighted by Crippen LogP contribution is -1.97. The molecule has 0 N–H and O–H groups in total. The predicted octanol–water partition coefficient (Wildman–Crippen LogP) is 3.33. The van der Waals surface area contributed by atoms with Crippen LogP contribution in [0.25, 0.3) is 0 Å². The van der Waals surface area contributed by atoms with E-state index in [2.05, 4.69) is 40.8 Å². The Balaban J connectivity index is 2.43. The van der Waals surface area contributed by atoms with E-state index in [0.717, 1.165) is 0 Å². The fourth-order valence-corrected chi connectivity index (χ4v) is 3.09. The highest BCUT2D eigenvalue weighted by Crippen LogP contribution is 2.30. The Labute approximate surface area is 84.9 Å². The lowest BCUT2D eigenvalue weighted by molar-refractivity contribution is 0.889. The zero-order valence-electron chi connectivity index (χ0n) is 6.14. The molecule has 0 nitrogen and oxygen atoms in total. The van der Waals surface area contributed by atoms with Crippen molar-refractivity contribution in [2.75, 3.05) is 5.75 Å². The summed E-state index contributed by atoms with van der Waals surface area (Å²) >= 11 is 4.37. The number of fused-ring (bicyclic) bond motifs is 1. The summed E-state index contributed by atoms with van der Waals surface area (Å²) in [5.41, 5.74) is 1.54. The van der Waals surface area contributed by atoms with Crippen molar-refractivity contribution in [1.82, 2.24) is 0 Å². The van der Waals surface area contributed by atoms with Gasteiger partial charge in [-0.1, -0.05) is 6.07 Å². The van der Waals surface area contributed by atoms with E-state index in [9.17, 15) is 0 Å². The van der Waals surface area contributed by atoms with Gasteiger partial charge in [0.15, 0.2) is 0 Å². The third kappa shape index (κ3) is 1.72. The van der Waals surface area contributed by atoms with Crippen molar-refractivity contribution in [1.29, 1.82) is 0 Å². The largest absolute Gasteiger partial charge is 0.126 e. The highest BCUT2D eigenvalue weighted by molar-refractivity contribution is 14.1. The van der Waals surface area contributed by atoms with Gasteiger partial charge in [-0.3, -0.25) is 0 Å². The van der Waals surface area contributed by atoms with Crippen LogP contribution in [0.5, 0.6) is 0 Å². The zero-order valence-corrected chi connectivity index (χ0v) is 9.11. The number of hydrogen-bond acceptors (Lipinski definition) is 1. The molecular weight excluding hydrogens is 267 g/mol. The van der Waals surface area contributed by atoms with E-state index in [1.165, 1.54) is 27.1 Å². The van der Waals surface area contributed by atoms with Crippen molar-refractivity contribution in [2.24, 2.45) is 0 Å². The zero-order chi connectivity index (χ0) is 7.68. The van der Waals surface area contributed by atoms with Gasteiger partial charge >= 0.3 is 0 Å². The lowest BCUT2D eigenvalue weighted by atomic mass is 10.1. The quantitative estimate of drug-likeness (QED) is 0.655. The summed E-state index contributed by atoms with van der Waals surface area (Å²) in [5.74, 6) is 1.30. The molecule has 0 saturated heterocycles. The molecule has 11 heavy (non-hydrogen) atoms. The molecule has 2 rings (SSSR count). The Kier molecular flexibility index (Phi) is 2.42. The highest BCUT2D eigenvalue weighted by Gasteiger charge is 2.08. The maximum atomic E-state index is 2.37. The van der Waals surface area contributed by atoms with Crippen LogP contribution >= 0.6 is 34.4 Å². The van der Waals surface area contributed by atoms with Gasteiger partial charge in [0, 0.05) is 8.47 Å². The third-order valence-corrected chi connectivity index (χ3v) is 3.73. The third-order valence-electron chi connectivity index (χ3n) is 1.88. The van der Waals surface area contributed by atoms with Crippen LogP contribution < -0.4 is 0 Å². The van der Waals surface area contributed by atoms with Crippen LogP contribution in [0.1, 0.15) is 12.0 Å². The number of benzene rings is 1. The molecule has 1 aromatic rings. The summed E-state index contributed by atoms with van der Waals surface area (Å²) in [4.78, 5) is 1.50. The molecule has 0 saturated carbocycles. The second kappa shape index (κ2) is 3.35. The molecule has 0 aliphatic carbocycles. The van der Waals surface area contributed by atoms with E-state index in [-0.39, 0.29) is 0 Å². The minimum absolute atomic E-state index is 1.28. The molecule has 1 aromatic carbocycles. The standard InChI is InChI=1S/C9H9IS/c10-8-4-3-7-2-1-5-11-9(7)6-8/h3-4,6H,1-2,5H2. The predicted molar refractivity (Wildman–Crippen MR) is 58.2 cm³/mol. The second-order valence-corrected chi connectivity index (χ2v) is 5.09. The van der Waals surface area contributed by atoms with Gasteiger partial charge in [-0.15, -0.1) is 11.8 Å². The van der Waals surface area contributed by atoms with E-state index < -0.39 is 0 Å². The van der Waals surface area contributed by atoms with Gasteiger partial charge in [0.05, 0.1) is 0 Å². The number of hydrogen-bond donors (Lipinski definition) is 0. The van der Waals surface area contributed by atoms with Gasteiger partial charge in [-0.2, -0.15) is 0 Å². The second-order valence-electron chi connectivity index (χ2n) is 2.70. The molecule has 1 heterocycles. The molecule has 0 fully saturated rings. The molecule has 0 aromatic heterocycles. The first-order valence-electron chi connectivity index (χ1n) is 3.77. The normalized spacial score (nSPS) is 16.1. The van der Waals surface area contributed by atoms with Gasteiger partial charge in [-0.05, 0) is 58.9 Å². The fraction of sp³-hybridized carbons (Fsp3) is 0.333. The smallest absolute Gasteiger partial charge is 0.0141 e. The summed E-state index contributed by atoms with van der Waals surface area (Å²) in [6.45, 7) is 0. The topological polar surface area (TPSA) is 0 Å². The van der Waals surface area contributed by atoms with Crippen molar-refractivity contribution in [2.45, 2.75) is 17.7 Å². The highest BCUT2D eigenvalue weighted by atomic mass is 127. The summed E-state index contributed by atoms with van der Waals surface area (Å²) in [5, 5.41) is 0. The molecule has 0 amide bonds. The Bertz CT molecular complexity index is 270. The summed E-state index contributed by atoms with van der Waals surface area (Å²) in [6.07, 6.45) is 2.62. The maximum absolute atomic E-state index is 2.37. The first-order chi connectivity index (χ1) is 5.36. The van der Waals surface area contributed by atoms with Crippen LogP contribution in [0.2, 0.25) is 0 Å². The minimum Gasteiger partial charge on any atom is -0.126 e. The maximum Gasteiger partial charge on any atom is 0.0141 e. The fourth-order valence-electron chi connectivity index (χ4n) is 1.31. The average Bonchev–Trinajstić information content (AvgIpc) is 2.04. The molecule has 0 bridgehead atoms. The Hall–Kier alpha value is 0.300.